The van der Waals surface area contributed by atoms with Gasteiger partial charge < -0.3 is 22.8 Å². The van der Waals surface area contributed by atoms with E-state index in [2.05, 4.69) is 369 Å². The zero-order valence-corrected chi connectivity index (χ0v) is 52.5. The minimum Gasteiger partial charge on any atom is -0.306 e. The van der Waals surface area contributed by atoms with E-state index in [9.17, 15) is 5.26 Å². The van der Waals surface area contributed by atoms with Crippen LogP contribution in [0.4, 0.5) is 0 Å². The second kappa shape index (κ2) is 21.4. The Morgan fingerprint density at radius 1 is 0.165 bits per heavy atom. The number of nitriles is 1. The second-order valence-corrected chi connectivity index (χ2v) is 25.4. The number of benzene rings is 15. The minimum atomic E-state index is 0.487. The van der Waals surface area contributed by atoms with Crippen LogP contribution in [0.1, 0.15) is 5.56 Å². The molecule has 450 valence electrons. The van der Waals surface area contributed by atoms with Crippen LogP contribution in [0.5, 0.6) is 0 Å². The Bertz CT molecular complexity index is 5980. The third-order valence-electron chi connectivity index (χ3n) is 20.3. The summed E-state index contributed by atoms with van der Waals surface area (Å²) in [6, 6.07) is 127. The van der Waals surface area contributed by atoms with Gasteiger partial charge in [0.1, 0.15) is 11.6 Å². The molecule has 0 atom stereocenters. The fourth-order valence-corrected chi connectivity index (χ4v) is 16.1. The summed E-state index contributed by atoms with van der Waals surface area (Å²) in [6.07, 6.45) is 0. The maximum absolute atomic E-state index is 13.8. The van der Waals surface area contributed by atoms with Crippen LogP contribution < -0.4 is 0 Å². The highest BCUT2D eigenvalue weighted by atomic mass is 15.2. The smallest absolute Gasteiger partial charge is 0.105 e. The summed E-state index contributed by atoms with van der Waals surface area (Å²) in [5.74, 6) is 0. The lowest BCUT2D eigenvalue weighted by Gasteiger charge is -2.30. The van der Waals surface area contributed by atoms with Crippen LogP contribution in [0.25, 0.3) is 182 Å². The molecule has 20 rings (SSSR count). The molecule has 0 aliphatic rings. The van der Waals surface area contributed by atoms with Crippen LogP contribution in [0.3, 0.4) is 0 Å². The third kappa shape index (κ3) is 8.07. The van der Waals surface area contributed by atoms with E-state index in [4.69, 9.17) is 0 Å². The van der Waals surface area contributed by atoms with Gasteiger partial charge in [-0.3, -0.25) is 0 Å². The quantitative estimate of drug-likeness (QED) is 0.142. The number of para-hydroxylation sites is 6. The number of nitrogens with zero attached hydrogens (tertiary/aromatic N) is 6. The molecule has 0 unspecified atom stereocenters. The summed E-state index contributed by atoms with van der Waals surface area (Å²) in [6.45, 7) is 0. The van der Waals surface area contributed by atoms with Crippen molar-refractivity contribution in [2.45, 2.75) is 0 Å². The van der Waals surface area contributed by atoms with E-state index < -0.39 is 0 Å². The molecule has 0 amide bonds. The zero-order valence-electron chi connectivity index (χ0n) is 52.5. The van der Waals surface area contributed by atoms with E-state index in [1.807, 2.05) is 0 Å². The zero-order chi connectivity index (χ0) is 63.8. The van der Waals surface area contributed by atoms with E-state index in [0.717, 1.165) is 182 Å². The number of hydrogen-bond acceptors (Lipinski definition) is 1. The van der Waals surface area contributed by atoms with Gasteiger partial charge in [-0.15, -0.1) is 0 Å². The standard InChI is InChI=1S/C91H56N6/c92-57-76-87(96-83-53-62(58-25-5-1-6-26-58)45-49-72(83)73-50-46-63(54-84(73)96)59-27-7-2-8-28-59)89(93-77-39-19-13-33-66(77)67-34-14-20-40-78(67)93)91(95-81-43-23-17-37-70(81)71-38-18-24-44-82(71)95)90(94-79-41-21-15-35-68(79)69-36-16-22-42-80(69)94)88(76)97-85-55-64(60-29-9-3-10-30-60)47-51-74(85)75-52-48-65(56-86(75)97)61-31-11-4-12-32-61/h1-56H. The van der Waals surface area contributed by atoms with Gasteiger partial charge in [0.05, 0.1) is 83.6 Å². The van der Waals surface area contributed by atoms with Crippen molar-refractivity contribution >= 4 is 109 Å². The molecule has 0 aliphatic carbocycles. The predicted octanol–water partition coefficient (Wildman–Crippen LogP) is 23.7. The molecule has 0 N–H and O–H groups in total. The summed E-state index contributed by atoms with van der Waals surface area (Å²) in [4.78, 5) is 0. The van der Waals surface area contributed by atoms with Crippen LogP contribution in [-0.4, -0.2) is 22.8 Å². The first-order chi connectivity index (χ1) is 48.1. The molecule has 0 spiro atoms. The van der Waals surface area contributed by atoms with Crippen molar-refractivity contribution < 1.29 is 0 Å². The van der Waals surface area contributed by atoms with Crippen molar-refractivity contribution in [1.82, 2.24) is 22.8 Å². The Labute approximate surface area is 558 Å². The Hall–Kier alpha value is -13.2. The van der Waals surface area contributed by atoms with Gasteiger partial charge in [0.2, 0.25) is 0 Å². The maximum atomic E-state index is 13.8. The summed E-state index contributed by atoms with van der Waals surface area (Å²) in [5.41, 5.74) is 23.0. The predicted molar refractivity (Wildman–Crippen MR) is 405 cm³/mol. The maximum Gasteiger partial charge on any atom is 0.105 e. The normalized spacial score (nSPS) is 11.9. The fraction of sp³-hybridized carbons (Fsp3) is 0. The molecule has 97 heavy (non-hydrogen) atoms. The highest BCUT2D eigenvalue weighted by Crippen LogP contribution is 2.53. The van der Waals surface area contributed by atoms with Crippen molar-refractivity contribution in [3.05, 3.63) is 345 Å². The van der Waals surface area contributed by atoms with Crippen LogP contribution in [0.2, 0.25) is 0 Å². The Morgan fingerprint density at radius 2 is 0.351 bits per heavy atom. The highest BCUT2D eigenvalue weighted by molar-refractivity contribution is 6.19. The lowest BCUT2D eigenvalue weighted by Crippen LogP contribution is -2.19. The topological polar surface area (TPSA) is 48.4 Å². The van der Waals surface area contributed by atoms with Gasteiger partial charge in [-0.25, -0.2) is 0 Å². The lowest BCUT2D eigenvalue weighted by atomic mass is 10.00. The molecule has 0 radical (unpaired) electrons. The number of aromatic nitrogens is 5. The Morgan fingerprint density at radius 3 is 0.577 bits per heavy atom. The Balaban J connectivity index is 1.13. The number of fused-ring (bicyclic) bond motifs is 15. The van der Waals surface area contributed by atoms with Gasteiger partial charge in [-0.2, -0.15) is 5.26 Å². The van der Waals surface area contributed by atoms with Crippen LogP contribution in [0.15, 0.2) is 340 Å². The van der Waals surface area contributed by atoms with Crippen LogP contribution >= 0.6 is 0 Å². The number of hydrogen-bond donors (Lipinski definition) is 0. The van der Waals surface area contributed by atoms with Crippen molar-refractivity contribution in [3.8, 4) is 79.0 Å². The first-order valence-electron chi connectivity index (χ1n) is 33.1. The first kappa shape index (κ1) is 54.4. The van der Waals surface area contributed by atoms with Crippen molar-refractivity contribution in [2.75, 3.05) is 0 Å². The molecule has 0 aliphatic heterocycles. The molecular formula is C91H56N6. The van der Waals surface area contributed by atoms with Gasteiger partial charge in [0.25, 0.3) is 0 Å². The fourth-order valence-electron chi connectivity index (χ4n) is 16.1. The largest absolute Gasteiger partial charge is 0.306 e. The molecule has 6 heteroatoms. The average molecular weight is 1230 g/mol. The molecule has 5 heterocycles. The number of rotatable bonds is 9. The summed E-state index contributed by atoms with van der Waals surface area (Å²) in [7, 11) is 0. The monoisotopic (exact) mass is 1230 g/mol. The third-order valence-corrected chi connectivity index (χ3v) is 20.3. The second-order valence-electron chi connectivity index (χ2n) is 25.4. The molecule has 6 nitrogen and oxygen atoms in total. The summed E-state index contributed by atoms with van der Waals surface area (Å²) in [5, 5.41) is 24.7. The molecule has 0 saturated heterocycles. The van der Waals surface area contributed by atoms with Crippen LogP contribution in [-0.2, 0) is 0 Å². The first-order valence-corrected chi connectivity index (χ1v) is 33.1. The highest BCUT2D eigenvalue weighted by Gasteiger charge is 2.37. The van der Waals surface area contributed by atoms with E-state index in [1.165, 1.54) is 0 Å². The van der Waals surface area contributed by atoms with Gasteiger partial charge in [-0.05, 0) is 105 Å². The lowest BCUT2D eigenvalue weighted by molar-refractivity contribution is 0.992. The van der Waals surface area contributed by atoms with Gasteiger partial charge in [-0.1, -0.05) is 279 Å². The summed E-state index contributed by atoms with van der Waals surface area (Å²) < 4.78 is 12.5. The van der Waals surface area contributed by atoms with Crippen molar-refractivity contribution in [2.24, 2.45) is 0 Å². The van der Waals surface area contributed by atoms with Crippen LogP contribution in [0, 0.1) is 11.3 Å². The van der Waals surface area contributed by atoms with Gasteiger partial charge in [0, 0.05) is 53.9 Å². The molecule has 0 fully saturated rings. The average Bonchev–Trinajstić information content (AvgIpc) is 1.57. The van der Waals surface area contributed by atoms with E-state index in [0.29, 0.717) is 5.56 Å². The van der Waals surface area contributed by atoms with Gasteiger partial charge in [0.15, 0.2) is 0 Å². The van der Waals surface area contributed by atoms with Crippen molar-refractivity contribution in [1.29, 1.82) is 5.26 Å². The van der Waals surface area contributed by atoms with Gasteiger partial charge >= 0.3 is 0 Å². The molecule has 0 saturated carbocycles. The molecule has 5 aromatic heterocycles. The Kier molecular flexibility index (Phi) is 12.0. The molecular weight excluding hydrogens is 1180 g/mol. The minimum absolute atomic E-state index is 0.487. The summed E-state index contributed by atoms with van der Waals surface area (Å²) >= 11 is 0. The van der Waals surface area contributed by atoms with E-state index in [1.54, 1.807) is 0 Å². The van der Waals surface area contributed by atoms with E-state index >= 15 is 0 Å². The molecule has 15 aromatic carbocycles. The molecule has 0 bridgehead atoms. The van der Waals surface area contributed by atoms with E-state index in [-0.39, 0.29) is 0 Å². The van der Waals surface area contributed by atoms with Crippen molar-refractivity contribution in [3.63, 3.8) is 0 Å². The SMILES string of the molecule is N#Cc1c(-n2c3cc(-c4ccccc4)ccc3c3ccc(-c4ccccc4)cc32)c(-n2c3ccccc3c3ccccc32)c(-n2c3ccccc3c3ccccc32)c(-n2c3ccccc3c3ccccc32)c1-n1c2cc(-c3ccccc3)ccc2c2ccc(-c3ccccc3)cc21. The molecule has 20 aromatic rings.